The number of aliphatic hydroxyl groups is 1. The Morgan fingerprint density at radius 3 is 2.61 bits per heavy atom. The van der Waals surface area contributed by atoms with Gasteiger partial charge in [-0.25, -0.2) is 0 Å². The first-order valence-corrected chi connectivity index (χ1v) is 10.6. The highest BCUT2D eigenvalue weighted by Gasteiger charge is 2.50. The van der Waals surface area contributed by atoms with Gasteiger partial charge in [0.1, 0.15) is 0 Å². The first kappa shape index (κ1) is 19.1. The molecule has 0 aliphatic carbocycles. The SMILES string of the molecule is O=C(C[C@@]1(O)C(=O)N(CCc2ccccc2)c2ccc(Br)cc21)c1cccs1. The van der Waals surface area contributed by atoms with E-state index in [-0.39, 0.29) is 12.2 Å². The number of Topliss-reactive ketones (excluding diaryl/α,β-unsaturated/α-hetero) is 1. The zero-order valence-corrected chi connectivity index (χ0v) is 17.4. The molecule has 6 heteroatoms. The van der Waals surface area contributed by atoms with Gasteiger partial charge in [0.2, 0.25) is 0 Å². The van der Waals surface area contributed by atoms with E-state index in [2.05, 4.69) is 15.9 Å². The number of rotatable bonds is 6. The van der Waals surface area contributed by atoms with Crippen molar-refractivity contribution in [3.8, 4) is 0 Å². The Balaban J connectivity index is 1.65. The van der Waals surface area contributed by atoms with Crippen LogP contribution in [-0.2, 0) is 16.8 Å². The summed E-state index contributed by atoms with van der Waals surface area (Å²) in [5.41, 5.74) is 0.395. The Bertz CT molecular complexity index is 1020. The van der Waals surface area contributed by atoms with Crippen molar-refractivity contribution in [3.63, 3.8) is 0 Å². The molecule has 1 aliphatic heterocycles. The maximum atomic E-state index is 13.2. The van der Waals surface area contributed by atoms with Crippen molar-refractivity contribution < 1.29 is 14.7 Å². The molecule has 0 unspecified atom stereocenters. The molecule has 1 amide bonds. The van der Waals surface area contributed by atoms with Gasteiger partial charge in [0.15, 0.2) is 11.4 Å². The number of halogens is 1. The number of hydrogen-bond donors (Lipinski definition) is 1. The summed E-state index contributed by atoms with van der Waals surface area (Å²) < 4.78 is 0.756. The highest BCUT2D eigenvalue weighted by Crippen LogP contribution is 2.44. The molecule has 4 rings (SSSR count). The van der Waals surface area contributed by atoms with Gasteiger partial charge in [-0.05, 0) is 41.6 Å². The largest absolute Gasteiger partial charge is 0.375 e. The highest BCUT2D eigenvalue weighted by molar-refractivity contribution is 9.10. The predicted molar refractivity (Wildman–Crippen MR) is 114 cm³/mol. The van der Waals surface area contributed by atoms with Gasteiger partial charge in [-0.3, -0.25) is 9.59 Å². The molecule has 3 aromatic rings. The number of carbonyl (C=O) groups is 2. The van der Waals surface area contributed by atoms with E-state index < -0.39 is 11.5 Å². The quantitative estimate of drug-likeness (QED) is 0.554. The molecule has 142 valence electrons. The van der Waals surface area contributed by atoms with Gasteiger partial charge in [-0.15, -0.1) is 11.3 Å². The zero-order valence-electron chi connectivity index (χ0n) is 15.0. The Morgan fingerprint density at radius 2 is 1.89 bits per heavy atom. The third kappa shape index (κ3) is 3.43. The Labute approximate surface area is 175 Å². The molecule has 0 bridgehead atoms. The van der Waals surface area contributed by atoms with Crippen LogP contribution in [0.2, 0.25) is 0 Å². The summed E-state index contributed by atoms with van der Waals surface area (Å²) in [5, 5.41) is 13.2. The molecular formula is C22H18BrNO3S. The smallest absolute Gasteiger partial charge is 0.264 e. The second-order valence-corrected chi connectivity index (χ2v) is 8.65. The van der Waals surface area contributed by atoms with Crippen LogP contribution >= 0.6 is 27.3 Å². The topological polar surface area (TPSA) is 57.6 Å². The van der Waals surface area contributed by atoms with E-state index in [0.717, 1.165) is 10.0 Å². The maximum Gasteiger partial charge on any atom is 0.264 e. The summed E-state index contributed by atoms with van der Waals surface area (Å²) in [7, 11) is 0. The number of benzene rings is 2. The summed E-state index contributed by atoms with van der Waals surface area (Å²) >= 11 is 4.73. The van der Waals surface area contributed by atoms with Crippen molar-refractivity contribution in [2.24, 2.45) is 0 Å². The molecule has 2 aromatic carbocycles. The minimum Gasteiger partial charge on any atom is -0.375 e. The number of ketones is 1. The zero-order chi connectivity index (χ0) is 19.7. The van der Waals surface area contributed by atoms with E-state index in [1.807, 2.05) is 47.8 Å². The number of anilines is 1. The first-order chi connectivity index (χ1) is 13.5. The fourth-order valence-electron chi connectivity index (χ4n) is 3.56. The predicted octanol–water partition coefficient (Wildman–Crippen LogP) is 4.56. The van der Waals surface area contributed by atoms with Crippen LogP contribution in [0, 0.1) is 0 Å². The number of carbonyl (C=O) groups excluding carboxylic acids is 2. The molecule has 0 saturated carbocycles. The monoisotopic (exact) mass is 455 g/mol. The van der Waals surface area contributed by atoms with Crippen molar-refractivity contribution in [1.29, 1.82) is 0 Å². The van der Waals surface area contributed by atoms with Crippen LogP contribution < -0.4 is 4.90 Å². The average molecular weight is 456 g/mol. The van der Waals surface area contributed by atoms with E-state index in [0.29, 0.717) is 29.1 Å². The van der Waals surface area contributed by atoms with Gasteiger partial charge in [0, 0.05) is 16.6 Å². The van der Waals surface area contributed by atoms with Crippen LogP contribution in [0.5, 0.6) is 0 Å². The summed E-state index contributed by atoms with van der Waals surface area (Å²) in [5.74, 6) is -0.678. The molecule has 0 saturated heterocycles. The molecule has 2 heterocycles. The molecular weight excluding hydrogens is 438 g/mol. The van der Waals surface area contributed by atoms with Crippen LogP contribution in [0.4, 0.5) is 5.69 Å². The van der Waals surface area contributed by atoms with Gasteiger partial charge in [-0.1, -0.05) is 52.3 Å². The fraction of sp³-hybridized carbons (Fsp3) is 0.182. The lowest BCUT2D eigenvalue weighted by atomic mass is 9.89. The molecule has 0 spiro atoms. The average Bonchev–Trinajstić information content (AvgIpc) is 3.30. The lowest BCUT2D eigenvalue weighted by molar-refractivity contribution is -0.135. The van der Waals surface area contributed by atoms with Crippen LogP contribution in [0.25, 0.3) is 0 Å². The molecule has 0 radical (unpaired) electrons. The molecule has 1 aromatic heterocycles. The third-order valence-electron chi connectivity index (χ3n) is 4.97. The number of nitrogens with zero attached hydrogens (tertiary/aromatic N) is 1. The lowest BCUT2D eigenvalue weighted by Gasteiger charge is -2.22. The van der Waals surface area contributed by atoms with E-state index in [1.54, 1.807) is 23.1 Å². The molecule has 1 atom stereocenters. The normalized spacial score (nSPS) is 18.4. The van der Waals surface area contributed by atoms with Crippen molar-refractivity contribution in [2.75, 3.05) is 11.4 Å². The van der Waals surface area contributed by atoms with Crippen LogP contribution in [0.15, 0.2) is 70.5 Å². The van der Waals surface area contributed by atoms with Crippen LogP contribution in [0.3, 0.4) is 0 Å². The second kappa shape index (κ2) is 7.62. The minimum atomic E-state index is -1.85. The standard InChI is InChI=1S/C22H18BrNO3S/c23-16-8-9-18-17(13-16)22(27,14-19(25)20-7-4-12-28-20)21(26)24(18)11-10-15-5-2-1-3-6-15/h1-9,12-13,27H,10-11,14H2/t22-/m0/s1. The van der Waals surface area contributed by atoms with Gasteiger partial charge in [-0.2, -0.15) is 0 Å². The highest BCUT2D eigenvalue weighted by atomic mass is 79.9. The van der Waals surface area contributed by atoms with E-state index in [1.165, 1.54) is 11.3 Å². The van der Waals surface area contributed by atoms with Crippen LogP contribution in [-0.4, -0.2) is 23.3 Å². The minimum absolute atomic E-state index is 0.235. The van der Waals surface area contributed by atoms with Crippen LogP contribution in [0.1, 0.15) is 27.2 Å². The number of amides is 1. The van der Waals surface area contributed by atoms with E-state index in [9.17, 15) is 14.7 Å². The van der Waals surface area contributed by atoms with Gasteiger partial charge in [0.25, 0.3) is 5.91 Å². The summed E-state index contributed by atoms with van der Waals surface area (Å²) in [6.07, 6.45) is 0.397. The Morgan fingerprint density at radius 1 is 1.11 bits per heavy atom. The van der Waals surface area contributed by atoms with Gasteiger partial charge in [0.05, 0.1) is 17.0 Å². The second-order valence-electron chi connectivity index (χ2n) is 6.79. The summed E-state index contributed by atoms with van der Waals surface area (Å²) in [6, 6.07) is 18.8. The van der Waals surface area contributed by atoms with E-state index in [4.69, 9.17) is 0 Å². The van der Waals surface area contributed by atoms with Crippen molar-refractivity contribution >= 4 is 44.6 Å². The molecule has 1 aliphatic rings. The summed E-state index contributed by atoms with van der Waals surface area (Å²) in [6.45, 7) is 0.437. The number of fused-ring (bicyclic) bond motifs is 1. The lowest BCUT2D eigenvalue weighted by Crippen LogP contribution is -2.42. The molecule has 0 fully saturated rings. The molecule has 4 nitrogen and oxygen atoms in total. The van der Waals surface area contributed by atoms with Crippen molar-refractivity contribution in [1.82, 2.24) is 0 Å². The number of thiophene rings is 1. The Hall–Kier alpha value is -2.28. The van der Waals surface area contributed by atoms with Crippen molar-refractivity contribution in [2.45, 2.75) is 18.4 Å². The maximum absolute atomic E-state index is 13.2. The van der Waals surface area contributed by atoms with Gasteiger partial charge < -0.3 is 10.0 Å². The number of hydrogen-bond acceptors (Lipinski definition) is 4. The first-order valence-electron chi connectivity index (χ1n) is 8.94. The molecule has 1 N–H and O–H groups in total. The summed E-state index contributed by atoms with van der Waals surface area (Å²) in [4.78, 5) is 28.0. The fourth-order valence-corrected chi connectivity index (χ4v) is 4.58. The third-order valence-corrected chi connectivity index (χ3v) is 6.38. The van der Waals surface area contributed by atoms with Crippen molar-refractivity contribution in [3.05, 3.63) is 86.5 Å². The van der Waals surface area contributed by atoms with E-state index >= 15 is 0 Å². The van der Waals surface area contributed by atoms with Gasteiger partial charge >= 0.3 is 0 Å². The Kier molecular flexibility index (Phi) is 5.19. The molecule has 28 heavy (non-hydrogen) atoms.